The number of carboxylic acid groups (broad SMARTS) is 1. The Morgan fingerprint density at radius 1 is 1.14 bits per heavy atom. The maximum absolute atomic E-state index is 11.1. The smallest absolute Gasteiger partial charge is 0.303 e. The quantitative estimate of drug-likeness (QED) is 0.807. The van der Waals surface area contributed by atoms with E-state index in [1.807, 2.05) is 12.3 Å². The molecule has 2 atom stereocenters. The summed E-state index contributed by atoms with van der Waals surface area (Å²) in [6, 6.07) is 15.1. The Labute approximate surface area is 165 Å². The van der Waals surface area contributed by atoms with Gasteiger partial charge < -0.3 is 10.8 Å². The van der Waals surface area contributed by atoms with Gasteiger partial charge in [-0.15, -0.1) is 0 Å². The Bertz CT molecular complexity index is 916. The van der Waals surface area contributed by atoms with E-state index in [-0.39, 0.29) is 17.9 Å². The monoisotopic (exact) mass is 374 g/mol. The number of aryl methyl sites for hydroxylation is 1. The molecular weight excluding hydrogens is 348 g/mol. The number of benzene rings is 2. The van der Waals surface area contributed by atoms with Crippen molar-refractivity contribution in [2.24, 2.45) is 16.6 Å². The highest BCUT2D eigenvalue weighted by Crippen LogP contribution is 2.37. The van der Waals surface area contributed by atoms with Gasteiger partial charge in [0, 0.05) is 25.6 Å². The highest BCUT2D eigenvalue weighted by Gasteiger charge is 2.32. The van der Waals surface area contributed by atoms with Crippen molar-refractivity contribution < 1.29 is 9.90 Å². The van der Waals surface area contributed by atoms with Crippen LogP contribution in [0, 0.1) is 5.92 Å². The van der Waals surface area contributed by atoms with Gasteiger partial charge in [-0.1, -0.05) is 48.5 Å². The summed E-state index contributed by atoms with van der Waals surface area (Å²) >= 11 is 0. The van der Waals surface area contributed by atoms with Gasteiger partial charge in [-0.05, 0) is 59.1 Å². The number of carbonyl (C=O) groups is 1. The number of aliphatic imine (C=N–C) groups is 1. The molecule has 0 fully saturated rings. The zero-order valence-electron chi connectivity index (χ0n) is 16.0. The highest BCUT2D eigenvalue weighted by atomic mass is 16.4. The van der Waals surface area contributed by atoms with Gasteiger partial charge in [0.1, 0.15) is 5.54 Å². The molecule has 2 unspecified atom stereocenters. The third kappa shape index (κ3) is 3.78. The van der Waals surface area contributed by atoms with Crippen LogP contribution in [0.15, 0.2) is 59.6 Å². The number of hydrogen-bond donors (Lipinski definition) is 2. The molecule has 0 spiro atoms. The van der Waals surface area contributed by atoms with E-state index in [4.69, 9.17) is 15.8 Å². The van der Waals surface area contributed by atoms with E-state index in [1.54, 1.807) is 0 Å². The minimum Gasteiger partial charge on any atom is -0.481 e. The Hall–Kier alpha value is -2.72. The van der Waals surface area contributed by atoms with E-state index in [0.717, 1.165) is 31.2 Å². The largest absolute Gasteiger partial charge is 0.481 e. The van der Waals surface area contributed by atoms with Crippen LogP contribution in [0.5, 0.6) is 0 Å². The van der Waals surface area contributed by atoms with E-state index in [1.165, 1.54) is 22.3 Å². The molecule has 0 bridgehead atoms. The number of rotatable bonds is 6. The molecule has 4 nitrogen and oxygen atoms in total. The topological polar surface area (TPSA) is 75.7 Å². The van der Waals surface area contributed by atoms with Gasteiger partial charge in [0.05, 0.1) is 0 Å². The molecule has 1 aliphatic heterocycles. The van der Waals surface area contributed by atoms with Crippen LogP contribution < -0.4 is 5.73 Å². The summed E-state index contributed by atoms with van der Waals surface area (Å²) in [4.78, 5) is 16.0. The van der Waals surface area contributed by atoms with Crippen molar-refractivity contribution in [3.8, 4) is 0 Å². The summed E-state index contributed by atoms with van der Waals surface area (Å²) in [6.45, 7) is 0.547. The Morgan fingerprint density at radius 3 is 2.61 bits per heavy atom. The first-order valence-corrected chi connectivity index (χ1v) is 9.93. The maximum Gasteiger partial charge on any atom is 0.303 e. The van der Waals surface area contributed by atoms with Gasteiger partial charge in [-0.25, -0.2) is 0 Å². The van der Waals surface area contributed by atoms with Crippen LogP contribution in [-0.4, -0.2) is 17.3 Å². The number of allylic oxidation sites excluding steroid dienone is 1. The van der Waals surface area contributed by atoms with Gasteiger partial charge in [0.15, 0.2) is 0 Å². The summed E-state index contributed by atoms with van der Waals surface area (Å²) in [6.07, 6.45) is 9.85. The van der Waals surface area contributed by atoms with Crippen LogP contribution in [0.3, 0.4) is 0 Å². The lowest BCUT2D eigenvalue weighted by Crippen LogP contribution is -2.24. The van der Waals surface area contributed by atoms with Crippen molar-refractivity contribution in [1.29, 1.82) is 0 Å². The number of fused-ring (bicyclic) bond motifs is 1. The van der Waals surface area contributed by atoms with E-state index < -0.39 is 5.97 Å². The van der Waals surface area contributed by atoms with Crippen LogP contribution in [0.4, 0.5) is 0 Å². The number of nitrogens with two attached hydrogens (primary N) is 1. The fraction of sp³-hybridized carbons (Fsp3) is 0.333. The fourth-order valence-corrected chi connectivity index (χ4v) is 4.43. The molecule has 2 aromatic carbocycles. The minimum absolute atomic E-state index is 0.225. The lowest BCUT2D eigenvalue weighted by atomic mass is 9.78. The average molecular weight is 374 g/mol. The number of hydrogen-bond acceptors (Lipinski definition) is 3. The first-order valence-electron chi connectivity index (χ1n) is 9.93. The molecule has 1 aliphatic carbocycles. The zero-order valence-corrected chi connectivity index (χ0v) is 16.0. The zero-order chi connectivity index (χ0) is 19.6. The fourth-order valence-electron chi connectivity index (χ4n) is 4.43. The normalized spacial score (nSPS) is 23.0. The summed E-state index contributed by atoms with van der Waals surface area (Å²) in [5, 5.41) is 9.15. The Balaban J connectivity index is 1.62. The molecule has 0 amide bonds. The Kier molecular flexibility index (Phi) is 5.14. The van der Waals surface area contributed by atoms with E-state index >= 15 is 0 Å². The van der Waals surface area contributed by atoms with Gasteiger partial charge >= 0.3 is 5.97 Å². The molecule has 28 heavy (non-hydrogen) atoms. The minimum atomic E-state index is -0.703. The number of carboxylic acids is 1. The summed E-state index contributed by atoms with van der Waals surface area (Å²) in [7, 11) is 0. The molecule has 4 rings (SSSR count). The lowest BCUT2D eigenvalue weighted by molar-refractivity contribution is -0.138. The molecule has 0 aromatic heterocycles. The van der Waals surface area contributed by atoms with Crippen LogP contribution in [0.2, 0.25) is 0 Å². The van der Waals surface area contributed by atoms with E-state index in [9.17, 15) is 4.79 Å². The van der Waals surface area contributed by atoms with Gasteiger partial charge in [-0.3, -0.25) is 9.79 Å². The molecule has 0 saturated heterocycles. The van der Waals surface area contributed by atoms with Crippen LogP contribution in [-0.2, 0) is 36.1 Å². The first kappa shape index (κ1) is 18.6. The number of nitrogens with zero attached hydrogens (tertiary/aromatic N) is 1. The van der Waals surface area contributed by atoms with Crippen molar-refractivity contribution in [1.82, 2.24) is 0 Å². The van der Waals surface area contributed by atoms with Crippen molar-refractivity contribution in [2.45, 2.75) is 44.2 Å². The molecule has 3 N–H and O–H groups in total. The molecular formula is C24H26N2O2. The van der Waals surface area contributed by atoms with Crippen LogP contribution in [0.1, 0.15) is 40.7 Å². The molecule has 2 aliphatic rings. The third-order valence-electron chi connectivity index (χ3n) is 6.00. The van der Waals surface area contributed by atoms with E-state index in [2.05, 4.69) is 48.5 Å². The standard InChI is InChI=1S/C24H26N2O2/c25-16-18-4-2-17(3-5-18)15-24(10-1-11-26-24)22-9-8-20-7-6-19(13-23(27)28)12-21(20)14-22/h1-5,8-11,14,19H,6-7,12-13,15-16,25H2,(H,27,28). The maximum atomic E-state index is 11.1. The highest BCUT2D eigenvalue weighted by molar-refractivity contribution is 5.76. The second kappa shape index (κ2) is 7.72. The molecule has 1 heterocycles. The summed E-state index contributed by atoms with van der Waals surface area (Å²) in [5.74, 6) is -0.479. The van der Waals surface area contributed by atoms with Crippen molar-refractivity contribution in [3.05, 3.63) is 82.4 Å². The van der Waals surface area contributed by atoms with Crippen molar-refractivity contribution >= 4 is 12.2 Å². The lowest BCUT2D eigenvalue weighted by Gasteiger charge is -2.29. The predicted molar refractivity (Wildman–Crippen MR) is 112 cm³/mol. The molecule has 4 heteroatoms. The van der Waals surface area contributed by atoms with Gasteiger partial charge in [0.2, 0.25) is 0 Å². The third-order valence-corrected chi connectivity index (χ3v) is 6.00. The van der Waals surface area contributed by atoms with Crippen molar-refractivity contribution in [2.75, 3.05) is 0 Å². The molecule has 0 saturated carbocycles. The SMILES string of the molecule is NCc1ccc(CC2(c3ccc4c(c3)CC(CC(=O)O)CC4)C=CC=N2)cc1. The van der Waals surface area contributed by atoms with Gasteiger partial charge in [-0.2, -0.15) is 0 Å². The second-order valence-electron chi connectivity index (χ2n) is 7.95. The summed E-state index contributed by atoms with van der Waals surface area (Å²) in [5.41, 5.74) is 11.5. The second-order valence-corrected chi connectivity index (χ2v) is 7.95. The molecule has 0 radical (unpaired) electrons. The van der Waals surface area contributed by atoms with Crippen LogP contribution in [0.25, 0.3) is 0 Å². The summed E-state index contributed by atoms with van der Waals surface area (Å²) < 4.78 is 0. The first-order chi connectivity index (χ1) is 13.6. The predicted octanol–water partition coefficient (Wildman–Crippen LogP) is 3.80. The number of aliphatic carboxylic acids is 1. The van der Waals surface area contributed by atoms with Crippen LogP contribution >= 0.6 is 0 Å². The molecule has 2 aromatic rings. The van der Waals surface area contributed by atoms with Gasteiger partial charge in [0.25, 0.3) is 0 Å². The van der Waals surface area contributed by atoms with E-state index in [0.29, 0.717) is 6.54 Å². The van der Waals surface area contributed by atoms with Crippen molar-refractivity contribution in [3.63, 3.8) is 0 Å². The molecule has 144 valence electrons. The average Bonchev–Trinajstić information content (AvgIpc) is 3.17. The Morgan fingerprint density at radius 2 is 1.93 bits per heavy atom.